The standard InChI is InChI=1S/C19H20F2/c1-13-5-2-10-18(13)19(14-6-3-8-16(20)11-14)15-7-4-9-17(21)12-15/h3-4,6-9,11-13,18-19H,2,5,10H2,1H3. The molecule has 3 rings (SSSR count). The molecule has 0 spiro atoms. The van der Waals surface area contributed by atoms with Crippen LogP contribution in [0, 0.1) is 23.5 Å². The Hall–Kier alpha value is -1.70. The van der Waals surface area contributed by atoms with Crippen molar-refractivity contribution in [3.05, 3.63) is 71.3 Å². The Morgan fingerprint density at radius 1 is 0.905 bits per heavy atom. The second-order valence-corrected chi connectivity index (χ2v) is 6.16. The largest absolute Gasteiger partial charge is 0.207 e. The first-order valence-corrected chi connectivity index (χ1v) is 7.66. The first kappa shape index (κ1) is 14.2. The summed E-state index contributed by atoms with van der Waals surface area (Å²) in [4.78, 5) is 0. The van der Waals surface area contributed by atoms with E-state index in [4.69, 9.17) is 0 Å². The maximum Gasteiger partial charge on any atom is 0.123 e. The topological polar surface area (TPSA) is 0 Å². The molecule has 2 aromatic carbocycles. The highest BCUT2D eigenvalue weighted by Gasteiger charge is 2.33. The lowest BCUT2D eigenvalue weighted by atomic mass is 9.76. The highest BCUT2D eigenvalue weighted by Crippen LogP contribution is 2.44. The van der Waals surface area contributed by atoms with Gasteiger partial charge in [0.2, 0.25) is 0 Å². The maximum absolute atomic E-state index is 13.6. The summed E-state index contributed by atoms with van der Waals surface area (Å²) >= 11 is 0. The number of rotatable bonds is 3. The molecule has 1 aliphatic rings. The van der Waals surface area contributed by atoms with Crippen molar-refractivity contribution in [2.75, 3.05) is 0 Å². The Balaban J connectivity index is 2.06. The van der Waals surface area contributed by atoms with Gasteiger partial charge in [-0.05, 0) is 53.6 Å². The third-order valence-corrected chi connectivity index (χ3v) is 4.77. The Morgan fingerprint density at radius 2 is 1.48 bits per heavy atom. The van der Waals surface area contributed by atoms with Gasteiger partial charge in [-0.1, -0.05) is 44.0 Å². The molecule has 1 aliphatic carbocycles. The van der Waals surface area contributed by atoms with Gasteiger partial charge in [0.25, 0.3) is 0 Å². The van der Waals surface area contributed by atoms with E-state index in [9.17, 15) is 8.78 Å². The van der Waals surface area contributed by atoms with Crippen LogP contribution in [0.4, 0.5) is 8.78 Å². The fraction of sp³-hybridized carbons (Fsp3) is 0.368. The third kappa shape index (κ3) is 2.99. The maximum atomic E-state index is 13.6. The quantitative estimate of drug-likeness (QED) is 0.695. The average Bonchev–Trinajstić information content (AvgIpc) is 2.86. The van der Waals surface area contributed by atoms with Gasteiger partial charge in [-0.25, -0.2) is 8.78 Å². The van der Waals surface area contributed by atoms with E-state index in [-0.39, 0.29) is 17.6 Å². The van der Waals surface area contributed by atoms with Crippen LogP contribution in [-0.2, 0) is 0 Å². The summed E-state index contributed by atoms with van der Waals surface area (Å²) in [6, 6.07) is 13.5. The van der Waals surface area contributed by atoms with E-state index < -0.39 is 0 Å². The second kappa shape index (κ2) is 5.97. The molecule has 21 heavy (non-hydrogen) atoms. The molecule has 0 radical (unpaired) electrons. The Morgan fingerprint density at radius 3 is 1.90 bits per heavy atom. The van der Waals surface area contributed by atoms with Gasteiger partial charge in [0, 0.05) is 5.92 Å². The molecule has 0 saturated heterocycles. The van der Waals surface area contributed by atoms with Crippen LogP contribution in [0.1, 0.15) is 43.2 Å². The molecule has 0 N–H and O–H groups in total. The molecular weight excluding hydrogens is 266 g/mol. The number of hydrogen-bond donors (Lipinski definition) is 0. The Bertz CT molecular complexity index is 575. The van der Waals surface area contributed by atoms with Crippen molar-refractivity contribution in [3.8, 4) is 0 Å². The molecule has 2 unspecified atom stereocenters. The summed E-state index contributed by atoms with van der Waals surface area (Å²) < 4.78 is 27.3. The smallest absolute Gasteiger partial charge is 0.123 e. The van der Waals surface area contributed by atoms with Crippen molar-refractivity contribution in [1.82, 2.24) is 0 Å². The van der Waals surface area contributed by atoms with E-state index in [0.717, 1.165) is 17.5 Å². The molecule has 0 aliphatic heterocycles. The van der Waals surface area contributed by atoms with Crippen LogP contribution in [0.15, 0.2) is 48.5 Å². The first-order valence-electron chi connectivity index (χ1n) is 7.66. The van der Waals surface area contributed by atoms with Gasteiger partial charge in [-0.2, -0.15) is 0 Å². The minimum atomic E-state index is -0.223. The molecular formula is C19H20F2. The summed E-state index contributed by atoms with van der Waals surface area (Å²) in [7, 11) is 0. The van der Waals surface area contributed by atoms with E-state index in [1.54, 1.807) is 24.3 Å². The van der Waals surface area contributed by atoms with Crippen LogP contribution in [0.25, 0.3) is 0 Å². The number of benzene rings is 2. The number of hydrogen-bond acceptors (Lipinski definition) is 0. The zero-order chi connectivity index (χ0) is 14.8. The van der Waals surface area contributed by atoms with E-state index in [1.165, 1.54) is 25.0 Å². The SMILES string of the molecule is CC1CCCC1C(c1cccc(F)c1)c1cccc(F)c1. The lowest BCUT2D eigenvalue weighted by Crippen LogP contribution is -2.17. The lowest BCUT2D eigenvalue weighted by molar-refractivity contribution is 0.375. The summed E-state index contributed by atoms with van der Waals surface area (Å²) in [5, 5.41) is 0. The molecule has 0 heterocycles. The van der Waals surface area contributed by atoms with Crippen LogP contribution in [-0.4, -0.2) is 0 Å². The summed E-state index contributed by atoms with van der Waals surface area (Å²) in [5.74, 6) is 0.670. The monoisotopic (exact) mass is 286 g/mol. The van der Waals surface area contributed by atoms with Crippen molar-refractivity contribution in [2.45, 2.75) is 32.1 Å². The molecule has 1 fully saturated rings. The Labute approximate surface area is 124 Å². The molecule has 2 aromatic rings. The van der Waals surface area contributed by atoms with Crippen molar-refractivity contribution >= 4 is 0 Å². The molecule has 110 valence electrons. The van der Waals surface area contributed by atoms with Gasteiger partial charge < -0.3 is 0 Å². The van der Waals surface area contributed by atoms with Gasteiger partial charge in [0.1, 0.15) is 11.6 Å². The fourth-order valence-corrected chi connectivity index (χ4v) is 3.76. The van der Waals surface area contributed by atoms with Crippen LogP contribution in [0.5, 0.6) is 0 Å². The van der Waals surface area contributed by atoms with Crippen molar-refractivity contribution in [3.63, 3.8) is 0 Å². The molecule has 2 heteroatoms. The normalized spacial score (nSPS) is 21.9. The zero-order valence-electron chi connectivity index (χ0n) is 12.2. The molecule has 0 bridgehead atoms. The highest BCUT2D eigenvalue weighted by atomic mass is 19.1. The van der Waals surface area contributed by atoms with E-state index >= 15 is 0 Å². The second-order valence-electron chi connectivity index (χ2n) is 6.16. The summed E-state index contributed by atoms with van der Waals surface area (Å²) in [6.45, 7) is 2.25. The molecule has 1 saturated carbocycles. The van der Waals surface area contributed by atoms with Gasteiger partial charge in [-0.3, -0.25) is 0 Å². The van der Waals surface area contributed by atoms with E-state index in [2.05, 4.69) is 6.92 Å². The van der Waals surface area contributed by atoms with Crippen molar-refractivity contribution in [1.29, 1.82) is 0 Å². The molecule has 0 nitrogen and oxygen atoms in total. The zero-order valence-corrected chi connectivity index (χ0v) is 12.2. The molecule has 0 amide bonds. The molecule has 0 aromatic heterocycles. The summed E-state index contributed by atoms with van der Waals surface area (Å²) in [6.07, 6.45) is 3.53. The fourth-order valence-electron chi connectivity index (χ4n) is 3.76. The summed E-state index contributed by atoms with van der Waals surface area (Å²) in [5.41, 5.74) is 1.92. The van der Waals surface area contributed by atoms with Crippen LogP contribution in [0.2, 0.25) is 0 Å². The lowest BCUT2D eigenvalue weighted by Gasteiger charge is -2.28. The first-order chi connectivity index (χ1) is 10.1. The van der Waals surface area contributed by atoms with E-state index in [1.807, 2.05) is 12.1 Å². The number of halogens is 2. The van der Waals surface area contributed by atoms with Crippen LogP contribution >= 0.6 is 0 Å². The van der Waals surface area contributed by atoms with Crippen LogP contribution in [0.3, 0.4) is 0 Å². The highest BCUT2D eigenvalue weighted by molar-refractivity contribution is 5.34. The predicted octanol–water partition coefficient (Wildman–Crippen LogP) is 5.53. The minimum absolute atomic E-state index is 0.0777. The van der Waals surface area contributed by atoms with Gasteiger partial charge in [0.05, 0.1) is 0 Å². The van der Waals surface area contributed by atoms with Gasteiger partial charge in [-0.15, -0.1) is 0 Å². The van der Waals surface area contributed by atoms with Gasteiger partial charge in [0.15, 0.2) is 0 Å². The van der Waals surface area contributed by atoms with Gasteiger partial charge >= 0.3 is 0 Å². The van der Waals surface area contributed by atoms with Crippen LogP contribution < -0.4 is 0 Å². The van der Waals surface area contributed by atoms with E-state index in [0.29, 0.717) is 11.8 Å². The third-order valence-electron chi connectivity index (χ3n) is 4.77. The minimum Gasteiger partial charge on any atom is -0.207 e. The molecule has 2 atom stereocenters. The Kier molecular flexibility index (Phi) is 4.05. The average molecular weight is 286 g/mol. The van der Waals surface area contributed by atoms with Crippen molar-refractivity contribution in [2.24, 2.45) is 11.8 Å². The van der Waals surface area contributed by atoms with Crippen molar-refractivity contribution < 1.29 is 8.78 Å². The predicted molar refractivity (Wildman–Crippen MR) is 81.1 cm³/mol.